The van der Waals surface area contributed by atoms with Crippen LogP contribution in [0.15, 0.2) is 60.7 Å². The number of allylic oxidation sites excluding steroid dienone is 2. The molecule has 0 aliphatic carbocycles. The van der Waals surface area contributed by atoms with Crippen molar-refractivity contribution >= 4 is 11.6 Å². The SMILES string of the molecule is C=C/C(F)=C(\C(=C)F)C(=O)Nc1ccc(-c2cc(C(F)(F)F)nn2CC)c(F)c1. The Balaban J connectivity index is 2.39. The Labute approximate surface area is 161 Å². The van der Waals surface area contributed by atoms with Crippen molar-refractivity contribution < 1.29 is 31.1 Å². The quantitative estimate of drug-likeness (QED) is 0.382. The average Bonchev–Trinajstić information content (AvgIpc) is 3.05. The number of benzene rings is 1. The molecule has 4 nitrogen and oxygen atoms in total. The van der Waals surface area contributed by atoms with E-state index in [0.29, 0.717) is 12.1 Å². The van der Waals surface area contributed by atoms with Crippen LogP contribution in [-0.4, -0.2) is 15.7 Å². The van der Waals surface area contributed by atoms with Gasteiger partial charge < -0.3 is 5.32 Å². The fraction of sp³-hybridized carbons (Fsp3) is 0.158. The molecule has 0 atom stereocenters. The first-order valence-electron chi connectivity index (χ1n) is 8.12. The van der Waals surface area contributed by atoms with Crippen LogP contribution in [0.25, 0.3) is 11.3 Å². The van der Waals surface area contributed by atoms with Crippen molar-refractivity contribution in [1.29, 1.82) is 0 Å². The normalized spacial score (nSPS) is 12.4. The smallest absolute Gasteiger partial charge is 0.322 e. The number of alkyl halides is 3. The van der Waals surface area contributed by atoms with Gasteiger partial charge in [0.25, 0.3) is 5.91 Å². The number of rotatable bonds is 6. The molecule has 0 radical (unpaired) electrons. The van der Waals surface area contributed by atoms with Gasteiger partial charge in [-0.1, -0.05) is 13.2 Å². The van der Waals surface area contributed by atoms with Gasteiger partial charge >= 0.3 is 6.18 Å². The maximum absolute atomic E-state index is 14.5. The number of hydrogen-bond donors (Lipinski definition) is 1. The number of aryl methyl sites for hydroxylation is 1. The second-order valence-corrected chi connectivity index (χ2v) is 5.71. The summed E-state index contributed by atoms with van der Waals surface area (Å²) in [4.78, 5) is 12.0. The Morgan fingerprint density at radius 2 is 1.93 bits per heavy atom. The van der Waals surface area contributed by atoms with Crippen molar-refractivity contribution in [2.75, 3.05) is 5.32 Å². The first kappa shape index (κ1) is 22.0. The number of carbonyl (C=O) groups excluding carboxylic acids is 1. The summed E-state index contributed by atoms with van der Waals surface area (Å²) in [5.74, 6) is -4.83. The van der Waals surface area contributed by atoms with Crippen LogP contribution in [0.5, 0.6) is 0 Å². The lowest BCUT2D eigenvalue weighted by Crippen LogP contribution is -2.16. The van der Waals surface area contributed by atoms with Crippen molar-refractivity contribution in [3.05, 3.63) is 72.2 Å². The highest BCUT2D eigenvalue weighted by atomic mass is 19.4. The highest BCUT2D eigenvalue weighted by Gasteiger charge is 2.35. The lowest BCUT2D eigenvalue weighted by Gasteiger charge is -2.10. The summed E-state index contributed by atoms with van der Waals surface area (Å²) < 4.78 is 81.0. The molecule has 2 rings (SSSR count). The first-order valence-corrected chi connectivity index (χ1v) is 8.12. The number of aromatic nitrogens is 2. The van der Waals surface area contributed by atoms with Gasteiger partial charge in [0.15, 0.2) is 5.69 Å². The predicted octanol–water partition coefficient (Wildman–Crippen LogP) is 5.56. The minimum Gasteiger partial charge on any atom is -0.322 e. The van der Waals surface area contributed by atoms with Gasteiger partial charge in [0.1, 0.15) is 23.0 Å². The van der Waals surface area contributed by atoms with Crippen molar-refractivity contribution in [2.24, 2.45) is 0 Å². The number of nitrogens with zero attached hydrogens (tertiary/aromatic N) is 2. The molecule has 0 saturated carbocycles. The minimum atomic E-state index is -4.70. The topological polar surface area (TPSA) is 46.9 Å². The third-order valence-electron chi connectivity index (χ3n) is 3.79. The van der Waals surface area contributed by atoms with Crippen molar-refractivity contribution in [3.63, 3.8) is 0 Å². The molecule has 0 unspecified atom stereocenters. The van der Waals surface area contributed by atoms with E-state index in [2.05, 4.69) is 23.6 Å². The van der Waals surface area contributed by atoms with Crippen molar-refractivity contribution in [3.8, 4) is 11.3 Å². The molecule has 0 aliphatic rings. The molecule has 2 aromatic rings. The first-order chi connectivity index (χ1) is 13.5. The van der Waals surface area contributed by atoms with Gasteiger partial charge in [0, 0.05) is 17.8 Å². The number of carbonyl (C=O) groups is 1. The van der Waals surface area contributed by atoms with Crippen molar-refractivity contribution in [1.82, 2.24) is 9.78 Å². The van der Waals surface area contributed by atoms with E-state index >= 15 is 0 Å². The maximum atomic E-state index is 14.5. The van der Waals surface area contributed by atoms with Crippen LogP contribution >= 0.6 is 0 Å². The van der Waals surface area contributed by atoms with Crippen LogP contribution in [-0.2, 0) is 17.5 Å². The largest absolute Gasteiger partial charge is 0.435 e. The zero-order valence-electron chi connectivity index (χ0n) is 15.1. The van der Waals surface area contributed by atoms with Gasteiger partial charge in [-0.3, -0.25) is 9.48 Å². The van der Waals surface area contributed by atoms with Gasteiger partial charge in [-0.25, -0.2) is 13.2 Å². The molecular formula is C19H15F6N3O. The summed E-state index contributed by atoms with van der Waals surface area (Å²) in [6.07, 6.45) is -4.10. The molecule has 29 heavy (non-hydrogen) atoms. The lowest BCUT2D eigenvalue weighted by atomic mass is 10.1. The molecule has 0 saturated heterocycles. The van der Waals surface area contributed by atoms with Crippen molar-refractivity contribution in [2.45, 2.75) is 19.6 Å². The number of amides is 1. The predicted molar refractivity (Wildman–Crippen MR) is 95.5 cm³/mol. The van der Waals surface area contributed by atoms with Crippen LogP contribution in [0.2, 0.25) is 0 Å². The van der Waals surface area contributed by atoms with E-state index in [4.69, 9.17) is 0 Å². The summed E-state index contributed by atoms with van der Waals surface area (Å²) in [5.41, 5.74) is -2.68. The number of hydrogen-bond acceptors (Lipinski definition) is 2. The number of nitrogens with one attached hydrogen (secondary N) is 1. The molecule has 1 aromatic carbocycles. The fourth-order valence-electron chi connectivity index (χ4n) is 2.47. The molecule has 1 N–H and O–H groups in total. The zero-order chi connectivity index (χ0) is 21.9. The highest BCUT2D eigenvalue weighted by molar-refractivity contribution is 6.07. The van der Waals surface area contributed by atoms with Gasteiger partial charge in [-0.15, -0.1) is 0 Å². The molecule has 10 heteroatoms. The summed E-state index contributed by atoms with van der Waals surface area (Å²) >= 11 is 0. The third kappa shape index (κ3) is 4.76. The fourth-order valence-corrected chi connectivity index (χ4v) is 2.47. The Morgan fingerprint density at radius 1 is 1.28 bits per heavy atom. The van der Waals surface area contributed by atoms with Gasteiger partial charge in [-0.05, 0) is 37.3 Å². The van der Waals surface area contributed by atoms with Crippen LogP contribution in [0.3, 0.4) is 0 Å². The summed E-state index contributed by atoms with van der Waals surface area (Å²) in [6.45, 7) is 7.52. The Hall–Kier alpha value is -3.30. The number of halogens is 6. The Bertz CT molecular complexity index is 1000. The molecule has 0 aliphatic heterocycles. The average molecular weight is 415 g/mol. The van der Waals surface area contributed by atoms with Gasteiger partial charge in [-0.2, -0.15) is 18.3 Å². The van der Waals surface area contributed by atoms with E-state index in [1.54, 1.807) is 0 Å². The van der Waals surface area contributed by atoms with E-state index in [1.807, 2.05) is 0 Å². The third-order valence-corrected chi connectivity index (χ3v) is 3.79. The Kier molecular flexibility index (Phi) is 6.35. The Morgan fingerprint density at radius 3 is 2.41 bits per heavy atom. The molecular weight excluding hydrogens is 400 g/mol. The molecule has 154 valence electrons. The van der Waals surface area contributed by atoms with E-state index in [9.17, 15) is 31.1 Å². The standard InChI is InChI=1S/C19H15F6N3O/c1-4-13(21)17(10(3)20)18(29)26-11-6-7-12(14(22)8-11)15-9-16(19(23,24)25)27-28(15)5-2/h4,6-9H,1,3,5H2,2H3,(H,26,29)/b17-13-. The van der Waals surface area contributed by atoms with E-state index in [1.165, 1.54) is 13.0 Å². The molecule has 1 heterocycles. The zero-order valence-corrected chi connectivity index (χ0v) is 15.1. The second kappa shape index (κ2) is 8.38. The lowest BCUT2D eigenvalue weighted by molar-refractivity contribution is -0.141. The van der Waals surface area contributed by atoms with Gasteiger partial charge in [0.2, 0.25) is 0 Å². The molecule has 1 amide bonds. The summed E-state index contributed by atoms with van der Waals surface area (Å²) in [6, 6.07) is 3.79. The maximum Gasteiger partial charge on any atom is 0.435 e. The molecule has 0 spiro atoms. The second-order valence-electron chi connectivity index (χ2n) is 5.71. The van der Waals surface area contributed by atoms with Crippen LogP contribution in [0.4, 0.5) is 32.0 Å². The number of anilines is 1. The van der Waals surface area contributed by atoms with Crippen LogP contribution in [0.1, 0.15) is 12.6 Å². The highest BCUT2D eigenvalue weighted by Crippen LogP contribution is 2.33. The monoisotopic (exact) mass is 415 g/mol. The molecule has 1 aromatic heterocycles. The van der Waals surface area contributed by atoms with E-state index in [-0.39, 0.29) is 23.5 Å². The molecule has 0 bridgehead atoms. The van der Waals surface area contributed by atoms with E-state index < -0.39 is 40.8 Å². The summed E-state index contributed by atoms with van der Waals surface area (Å²) in [7, 11) is 0. The van der Waals surface area contributed by atoms with Crippen LogP contribution in [0, 0.1) is 5.82 Å². The van der Waals surface area contributed by atoms with E-state index in [0.717, 1.165) is 16.8 Å². The minimum absolute atomic E-state index is 0.0525. The molecule has 0 fully saturated rings. The summed E-state index contributed by atoms with van der Waals surface area (Å²) in [5, 5.41) is 5.49. The van der Waals surface area contributed by atoms with Gasteiger partial charge in [0.05, 0.1) is 5.69 Å². The van der Waals surface area contributed by atoms with Crippen LogP contribution < -0.4 is 5.32 Å².